The van der Waals surface area contributed by atoms with Gasteiger partial charge >= 0.3 is 5.97 Å². The van der Waals surface area contributed by atoms with Crippen LogP contribution in [-0.4, -0.2) is 62.0 Å². The lowest BCUT2D eigenvalue weighted by molar-refractivity contribution is -0.144. The zero-order valence-electron chi connectivity index (χ0n) is 11.4. The van der Waals surface area contributed by atoms with Crippen LogP contribution in [0.5, 0.6) is 0 Å². The summed E-state index contributed by atoms with van der Waals surface area (Å²) in [5.41, 5.74) is 0. The van der Waals surface area contributed by atoms with Crippen LogP contribution in [0, 0.1) is 0 Å². The van der Waals surface area contributed by atoms with E-state index in [1.807, 2.05) is 11.8 Å². The minimum absolute atomic E-state index is 0.0787. The van der Waals surface area contributed by atoms with Crippen LogP contribution in [0.4, 0.5) is 0 Å². The minimum atomic E-state index is -0.224. The van der Waals surface area contributed by atoms with Crippen molar-refractivity contribution in [2.24, 2.45) is 0 Å². The van der Waals surface area contributed by atoms with Crippen LogP contribution in [0.3, 0.4) is 0 Å². The first-order valence-corrected chi connectivity index (χ1v) is 6.09. The summed E-state index contributed by atoms with van der Waals surface area (Å²) in [5, 5.41) is 0. The first-order chi connectivity index (χ1) is 8.01. The highest BCUT2D eigenvalue weighted by Gasteiger charge is 2.13. The highest BCUT2D eigenvalue weighted by molar-refractivity contribution is 5.76. The van der Waals surface area contributed by atoms with E-state index in [1.54, 1.807) is 25.9 Å². The molecule has 0 atom stereocenters. The van der Waals surface area contributed by atoms with E-state index in [0.29, 0.717) is 19.6 Å². The quantitative estimate of drug-likeness (QED) is 0.591. The zero-order chi connectivity index (χ0) is 13.3. The number of hydrogen-bond donors (Lipinski definition) is 0. The summed E-state index contributed by atoms with van der Waals surface area (Å²) in [5.74, 6) is -0.145. The Morgan fingerprint density at radius 2 is 1.76 bits per heavy atom. The van der Waals surface area contributed by atoms with Crippen molar-refractivity contribution in [3.63, 3.8) is 0 Å². The van der Waals surface area contributed by atoms with Gasteiger partial charge in [0, 0.05) is 27.1 Å². The average Bonchev–Trinajstić information content (AvgIpc) is 2.25. The molecule has 0 aliphatic rings. The van der Waals surface area contributed by atoms with Gasteiger partial charge in [-0.05, 0) is 19.9 Å². The summed E-state index contributed by atoms with van der Waals surface area (Å²) in [6, 6.07) is 0. The predicted molar refractivity (Wildman–Crippen MR) is 66.7 cm³/mol. The highest BCUT2D eigenvalue weighted by atomic mass is 16.5. The second-order valence-corrected chi connectivity index (χ2v) is 4.12. The van der Waals surface area contributed by atoms with E-state index in [2.05, 4.69) is 0 Å². The van der Waals surface area contributed by atoms with Crippen molar-refractivity contribution in [3.05, 3.63) is 0 Å². The number of esters is 1. The van der Waals surface area contributed by atoms with Crippen molar-refractivity contribution in [2.45, 2.75) is 26.7 Å². The van der Waals surface area contributed by atoms with Crippen LogP contribution < -0.4 is 0 Å². The van der Waals surface area contributed by atoms with Crippen molar-refractivity contribution in [1.82, 2.24) is 9.80 Å². The maximum atomic E-state index is 11.4. The summed E-state index contributed by atoms with van der Waals surface area (Å²) in [6.07, 6.45) is 1.39. The third-order valence-electron chi connectivity index (χ3n) is 2.34. The molecule has 0 heterocycles. The molecule has 5 heteroatoms. The monoisotopic (exact) mass is 244 g/mol. The molecule has 0 aromatic carbocycles. The van der Waals surface area contributed by atoms with Gasteiger partial charge in [-0.1, -0.05) is 6.92 Å². The number of rotatable bonds is 8. The summed E-state index contributed by atoms with van der Waals surface area (Å²) in [6.45, 7) is 5.91. The van der Waals surface area contributed by atoms with Crippen LogP contribution in [0.2, 0.25) is 0 Å². The van der Waals surface area contributed by atoms with Gasteiger partial charge in [-0.2, -0.15) is 0 Å². The summed E-state index contributed by atoms with van der Waals surface area (Å²) >= 11 is 0. The molecule has 0 rings (SSSR count). The van der Waals surface area contributed by atoms with Crippen molar-refractivity contribution >= 4 is 11.9 Å². The Morgan fingerprint density at radius 1 is 1.12 bits per heavy atom. The lowest BCUT2D eigenvalue weighted by Gasteiger charge is -2.21. The fourth-order valence-corrected chi connectivity index (χ4v) is 1.45. The van der Waals surface area contributed by atoms with Crippen molar-refractivity contribution < 1.29 is 14.3 Å². The van der Waals surface area contributed by atoms with Gasteiger partial charge in [0.25, 0.3) is 0 Å². The van der Waals surface area contributed by atoms with Crippen molar-refractivity contribution in [2.75, 3.05) is 40.3 Å². The molecule has 5 nitrogen and oxygen atoms in total. The Morgan fingerprint density at radius 3 is 2.24 bits per heavy atom. The number of carbonyl (C=O) groups is 2. The van der Waals surface area contributed by atoms with E-state index in [4.69, 9.17) is 4.74 Å². The zero-order valence-corrected chi connectivity index (χ0v) is 11.4. The molecule has 0 aliphatic heterocycles. The molecule has 0 saturated heterocycles. The van der Waals surface area contributed by atoms with E-state index in [-0.39, 0.29) is 18.4 Å². The van der Waals surface area contributed by atoms with Gasteiger partial charge in [0.05, 0.1) is 13.2 Å². The second kappa shape index (κ2) is 8.98. The maximum absolute atomic E-state index is 11.4. The number of ether oxygens (including phenoxy) is 1. The average molecular weight is 244 g/mol. The van der Waals surface area contributed by atoms with E-state index in [0.717, 1.165) is 13.0 Å². The van der Waals surface area contributed by atoms with E-state index >= 15 is 0 Å². The highest BCUT2D eigenvalue weighted by Crippen LogP contribution is 1.97. The molecule has 0 bridgehead atoms. The summed E-state index contributed by atoms with van der Waals surface area (Å²) < 4.78 is 4.90. The first kappa shape index (κ1) is 15.9. The van der Waals surface area contributed by atoms with E-state index in [1.165, 1.54) is 0 Å². The molecule has 0 radical (unpaired) electrons. The molecular formula is C12H24N2O3. The fraction of sp³-hybridized carbons (Fsp3) is 0.833. The molecule has 17 heavy (non-hydrogen) atoms. The van der Waals surface area contributed by atoms with Crippen LogP contribution in [0.15, 0.2) is 0 Å². The molecule has 0 aromatic rings. The van der Waals surface area contributed by atoms with Gasteiger partial charge in [0.1, 0.15) is 0 Å². The lowest BCUT2D eigenvalue weighted by atomic mass is 10.3. The van der Waals surface area contributed by atoms with E-state index in [9.17, 15) is 9.59 Å². The normalized spacial score (nSPS) is 10.4. The van der Waals surface area contributed by atoms with Gasteiger partial charge in [-0.15, -0.1) is 0 Å². The Bertz CT molecular complexity index is 242. The van der Waals surface area contributed by atoms with Crippen LogP contribution in [0.1, 0.15) is 26.7 Å². The Kier molecular flexibility index (Phi) is 8.40. The first-order valence-electron chi connectivity index (χ1n) is 6.09. The minimum Gasteiger partial charge on any atom is -0.465 e. The Labute approximate surface area is 104 Å². The molecule has 1 amide bonds. The lowest BCUT2D eigenvalue weighted by Crippen LogP contribution is -2.35. The Balaban J connectivity index is 4.05. The van der Waals surface area contributed by atoms with Gasteiger partial charge in [-0.25, -0.2) is 0 Å². The summed E-state index contributed by atoms with van der Waals surface area (Å²) in [4.78, 5) is 26.3. The van der Waals surface area contributed by atoms with Crippen LogP contribution in [0.25, 0.3) is 0 Å². The van der Waals surface area contributed by atoms with Crippen LogP contribution >= 0.6 is 0 Å². The Hall–Kier alpha value is -1.10. The largest absolute Gasteiger partial charge is 0.465 e. The van der Waals surface area contributed by atoms with Crippen molar-refractivity contribution in [1.29, 1.82) is 0 Å². The van der Waals surface area contributed by atoms with Crippen LogP contribution in [-0.2, 0) is 14.3 Å². The number of carbonyl (C=O) groups excluding carboxylic acids is 2. The molecule has 0 fully saturated rings. The van der Waals surface area contributed by atoms with Gasteiger partial charge in [-0.3, -0.25) is 14.5 Å². The molecule has 0 unspecified atom stereocenters. The smallest absolute Gasteiger partial charge is 0.320 e. The van der Waals surface area contributed by atoms with Gasteiger partial charge in [0.15, 0.2) is 0 Å². The summed E-state index contributed by atoms with van der Waals surface area (Å²) in [7, 11) is 3.47. The van der Waals surface area contributed by atoms with Gasteiger partial charge < -0.3 is 9.64 Å². The number of hydrogen-bond acceptors (Lipinski definition) is 4. The predicted octanol–water partition coefficient (Wildman–Crippen LogP) is 0.740. The third kappa shape index (κ3) is 7.74. The molecule has 0 aromatic heterocycles. The molecule has 0 saturated carbocycles. The molecule has 0 N–H and O–H groups in total. The fourth-order valence-electron chi connectivity index (χ4n) is 1.45. The molecular weight excluding hydrogens is 220 g/mol. The van der Waals surface area contributed by atoms with E-state index < -0.39 is 0 Å². The third-order valence-corrected chi connectivity index (χ3v) is 2.34. The second-order valence-electron chi connectivity index (χ2n) is 4.12. The topological polar surface area (TPSA) is 49.9 Å². The molecule has 100 valence electrons. The molecule has 0 spiro atoms. The SMILES string of the molecule is CCCN(CCC(=O)N(C)C)CC(=O)OCC. The van der Waals surface area contributed by atoms with Gasteiger partial charge in [0.2, 0.25) is 5.91 Å². The maximum Gasteiger partial charge on any atom is 0.320 e. The number of nitrogens with zero attached hydrogens (tertiary/aromatic N) is 2. The molecule has 0 aliphatic carbocycles. The number of amides is 1. The van der Waals surface area contributed by atoms with Crippen molar-refractivity contribution in [3.8, 4) is 0 Å². The standard InChI is InChI=1S/C12H24N2O3/c1-5-8-14(10-12(16)17-6-2)9-7-11(15)13(3)4/h5-10H2,1-4H3.